The fraction of sp³-hybridized carbons (Fsp3) is 0.517. The van der Waals surface area contributed by atoms with Gasteiger partial charge in [0.15, 0.2) is 17.7 Å². The largest absolute Gasteiger partial charge is 0.493 e. The Balaban J connectivity index is 2.08. The molecular formula is C29H42N2O5. The third-order valence-electron chi connectivity index (χ3n) is 5.67. The first-order valence-electron chi connectivity index (χ1n) is 12.4. The fourth-order valence-electron chi connectivity index (χ4n) is 3.46. The Labute approximate surface area is 215 Å². The first-order valence-corrected chi connectivity index (χ1v) is 12.4. The maximum absolute atomic E-state index is 12.9. The van der Waals surface area contributed by atoms with Crippen molar-refractivity contribution in [3.63, 3.8) is 0 Å². The lowest BCUT2D eigenvalue weighted by molar-refractivity contribution is -0.161. The second-order valence-electron chi connectivity index (χ2n) is 11.0. The molecule has 7 heteroatoms. The zero-order valence-corrected chi connectivity index (χ0v) is 22.8. The number of aryl methyl sites for hydroxylation is 1. The van der Waals surface area contributed by atoms with Crippen molar-refractivity contribution in [1.82, 2.24) is 5.32 Å². The van der Waals surface area contributed by atoms with Crippen molar-refractivity contribution >= 4 is 11.9 Å². The zero-order chi connectivity index (χ0) is 26.9. The minimum Gasteiger partial charge on any atom is -0.493 e. The van der Waals surface area contributed by atoms with E-state index in [9.17, 15) is 9.59 Å². The molecule has 0 aromatic heterocycles. The summed E-state index contributed by atoms with van der Waals surface area (Å²) in [5.74, 6) is 0.492. The summed E-state index contributed by atoms with van der Waals surface area (Å²) in [4.78, 5) is 25.5. The van der Waals surface area contributed by atoms with Crippen LogP contribution in [0.4, 0.5) is 0 Å². The summed E-state index contributed by atoms with van der Waals surface area (Å²) < 4.78 is 16.7. The molecule has 0 heterocycles. The number of methoxy groups -OCH3 is 1. The van der Waals surface area contributed by atoms with Gasteiger partial charge in [0.25, 0.3) is 0 Å². The van der Waals surface area contributed by atoms with Gasteiger partial charge in [0.05, 0.1) is 18.9 Å². The van der Waals surface area contributed by atoms with Crippen molar-refractivity contribution in [3.05, 3.63) is 59.2 Å². The van der Waals surface area contributed by atoms with Crippen LogP contribution in [-0.2, 0) is 32.6 Å². The molecule has 2 rings (SSSR count). The van der Waals surface area contributed by atoms with Gasteiger partial charge in [-0.2, -0.15) is 0 Å². The molecule has 0 radical (unpaired) electrons. The fourth-order valence-corrected chi connectivity index (χ4v) is 3.46. The molecule has 0 spiro atoms. The Hall–Kier alpha value is -3.06. The van der Waals surface area contributed by atoms with Crippen LogP contribution in [0.15, 0.2) is 42.5 Å². The molecule has 1 atom stereocenters. The lowest BCUT2D eigenvalue weighted by atomic mass is 9.86. The Morgan fingerprint density at radius 3 is 2.14 bits per heavy atom. The van der Waals surface area contributed by atoms with Gasteiger partial charge < -0.3 is 25.3 Å². The lowest BCUT2D eigenvalue weighted by Gasteiger charge is -2.24. The van der Waals surface area contributed by atoms with Crippen LogP contribution in [0.1, 0.15) is 64.7 Å². The number of esters is 1. The maximum atomic E-state index is 12.9. The van der Waals surface area contributed by atoms with E-state index in [0.29, 0.717) is 37.5 Å². The van der Waals surface area contributed by atoms with Crippen LogP contribution in [0.2, 0.25) is 0 Å². The summed E-state index contributed by atoms with van der Waals surface area (Å²) >= 11 is 0. The van der Waals surface area contributed by atoms with E-state index in [0.717, 1.165) is 11.1 Å². The van der Waals surface area contributed by atoms with Gasteiger partial charge in [-0.15, -0.1) is 0 Å². The number of ether oxygens (including phenoxy) is 3. The highest BCUT2D eigenvalue weighted by atomic mass is 16.6. The molecule has 1 unspecified atom stereocenters. The Morgan fingerprint density at radius 1 is 0.944 bits per heavy atom. The third kappa shape index (κ3) is 9.19. The summed E-state index contributed by atoms with van der Waals surface area (Å²) in [6.45, 7) is 12.7. The van der Waals surface area contributed by atoms with E-state index in [-0.39, 0.29) is 23.7 Å². The minimum absolute atomic E-state index is 0.0781. The minimum atomic E-state index is -0.736. The van der Waals surface area contributed by atoms with Gasteiger partial charge in [-0.25, -0.2) is 0 Å². The molecule has 198 valence electrons. The van der Waals surface area contributed by atoms with Gasteiger partial charge in [-0.05, 0) is 61.4 Å². The number of nitrogens with one attached hydrogen (secondary N) is 1. The van der Waals surface area contributed by atoms with Crippen LogP contribution in [0.25, 0.3) is 0 Å². The van der Waals surface area contributed by atoms with Gasteiger partial charge in [0.2, 0.25) is 5.91 Å². The Morgan fingerprint density at radius 2 is 1.58 bits per heavy atom. The molecule has 7 nitrogen and oxygen atoms in total. The summed E-state index contributed by atoms with van der Waals surface area (Å²) in [7, 11) is 1.55. The van der Waals surface area contributed by atoms with Crippen LogP contribution in [-0.4, -0.2) is 38.4 Å². The van der Waals surface area contributed by atoms with Gasteiger partial charge in [0, 0.05) is 13.0 Å². The second kappa shape index (κ2) is 12.8. The highest BCUT2D eigenvalue weighted by Gasteiger charge is 2.27. The summed E-state index contributed by atoms with van der Waals surface area (Å²) in [6.07, 6.45) is 0.503. The number of amides is 1. The molecule has 0 saturated heterocycles. The van der Waals surface area contributed by atoms with Crippen molar-refractivity contribution in [2.75, 3.05) is 20.3 Å². The lowest BCUT2D eigenvalue weighted by Crippen LogP contribution is -2.41. The average Bonchev–Trinajstić information content (AvgIpc) is 2.80. The van der Waals surface area contributed by atoms with Crippen molar-refractivity contribution in [2.24, 2.45) is 11.1 Å². The zero-order valence-electron chi connectivity index (χ0n) is 22.8. The molecule has 0 aliphatic heterocycles. The van der Waals surface area contributed by atoms with Crippen molar-refractivity contribution in [3.8, 4) is 11.5 Å². The molecular weight excluding hydrogens is 456 g/mol. The molecule has 0 bridgehead atoms. The number of benzene rings is 2. The van der Waals surface area contributed by atoms with E-state index < -0.39 is 11.6 Å². The average molecular weight is 499 g/mol. The maximum Gasteiger partial charge on any atom is 0.313 e. The van der Waals surface area contributed by atoms with Crippen molar-refractivity contribution in [2.45, 2.75) is 72.4 Å². The summed E-state index contributed by atoms with van der Waals surface area (Å²) in [6, 6.07) is 13.8. The molecule has 2 aromatic rings. The smallest absolute Gasteiger partial charge is 0.313 e. The van der Waals surface area contributed by atoms with Crippen molar-refractivity contribution < 1.29 is 23.8 Å². The molecule has 3 N–H and O–H groups in total. The van der Waals surface area contributed by atoms with Gasteiger partial charge >= 0.3 is 5.97 Å². The predicted molar refractivity (Wildman–Crippen MR) is 142 cm³/mol. The predicted octanol–water partition coefficient (Wildman–Crippen LogP) is 4.54. The van der Waals surface area contributed by atoms with E-state index in [4.69, 9.17) is 19.9 Å². The van der Waals surface area contributed by atoms with Crippen LogP contribution < -0.4 is 20.5 Å². The van der Waals surface area contributed by atoms with E-state index >= 15 is 0 Å². The standard InChI is InChI=1S/C29H42N2O5/c1-28(2,3)22-12-8-20(9-13-22)11-15-26(36-27(33)29(4,5)6)31-25(32)19-21-10-14-23(35-17-16-30)24(18-21)34-7/h8-10,12-14,18,26H,11,15-17,19,30H2,1-7H3,(H,31,32). The second-order valence-corrected chi connectivity index (χ2v) is 11.0. The van der Waals surface area contributed by atoms with E-state index in [1.165, 1.54) is 5.56 Å². The van der Waals surface area contributed by atoms with Crippen LogP contribution in [0, 0.1) is 5.41 Å². The molecule has 36 heavy (non-hydrogen) atoms. The van der Waals surface area contributed by atoms with Crippen molar-refractivity contribution in [1.29, 1.82) is 0 Å². The molecule has 0 aliphatic rings. The summed E-state index contributed by atoms with van der Waals surface area (Å²) in [5.41, 5.74) is 8.03. The molecule has 0 aliphatic carbocycles. The SMILES string of the molecule is COc1cc(CC(=O)NC(CCc2ccc(C(C)(C)C)cc2)OC(=O)C(C)(C)C)ccc1OCCN. The number of hydrogen-bond donors (Lipinski definition) is 2. The third-order valence-corrected chi connectivity index (χ3v) is 5.67. The highest BCUT2D eigenvalue weighted by Crippen LogP contribution is 2.28. The van der Waals surface area contributed by atoms with E-state index in [2.05, 4.69) is 50.4 Å². The van der Waals surface area contributed by atoms with Crippen LogP contribution in [0.5, 0.6) is 11.5 Å². The van der Waals surface area contributed by atoms with Gasteiger partial charge in [-0.1, -0.05) is 51.1 Å². The quantitative estimate of drug-likeness (QED) is 0.349. The summed E-state index contributed by atoms with van der Waals surface area (Å²) in [5, 5.41) is 2.89. The molecule has 0 saturated carbocycles. The normalized spacial score (nSPS) is 12.6. The van der Waals surface area contributed by atoms with E-state index in [1.54, 1.807) is 46.1 Å². The number of nitrogens with two attached hydrogens (primary N) is 1. The monoisotopic (exact) mass is 498 g/mol. The number of hydrogen-bond acceptors (Lipinski definition) is 6. The molecule has 1 amide bonds. The topological polar surface area (TPSA) is 99.9 Å². The van der Waals surface area contributed by atoms with Gasteiger partial charge in [-0.3, -0.25) is 9.59 Å². The number of rotatable bonds is 11. The van der Waals surface area contributed by atoms with E-state index in [1.807, 2.05) is 0 Å². The number of carbonyl (C=O) groups excluding carboxylic acids is 2. The van der Waals surface area contributed by atoms with Gasteiger partial charge in [0.1, 0.15) is 6.61 Å². The Kier molecular flexibility index (Phi) is 10.3. The van der Waals surface area contributed by atoms with Crippen LogP contribution >= 0.6 is 0 Å². The van der Waals surface area contributed by atoms with Crippen LogP contribution in [0.3, 0.4) is 0 Å². The molecule has 0 fully saturated rings. The first-order chi connectivity index (χ1) is 16.8. The first kappa shape index (κ1) is 29.2. The number of carbonyl (C=O) groups is 2. The Bertz CT molecular complexity index is 1000. The highest BCUT2D eigenvalue weighted by molar-refractivity contribution is 5.80. The molecule has 2 aromatic carbocycles.